The van der Waals surface area contributed by atoms with Crippen molar-refractivity contribution in [3.05, 3.63) is 68.8 Å². The second kappa shape index (κ2) is 6.98. The molecule has 0 aliphatic rings. The molecule has 0 amide bonds. The van der Waals surface area contributed by atoms with Crippen LogP contribution in [0.1, 0.15) is 4.88 Å². The maximum Gasteiger partial charge on any atom is 0.266 e. The van der Waals surface area contributed by atoms with Crippen molar-refractivity contribution in [2.75, 3.05) is 6.61 Å². The fourth-order valence-electron chi connectivity index (χ4n) is 2.09. The topological polar surface area (TPSA) is 44.1 Å². The molecule has 0 spiro atoms. The summed E-state index contributed by atoms with van der Waals surface area (Å²) in [5.41, 5.74) is 0.663. The van der Waals surface area contributed by atoms with Crippen molar-refractivity contribution in [1.82, 2.24) is 9.78 Å². The van der Waals surface area contributed by atoms with Crippen LogP contribution >= 0.6 is 22.9 Å². The van der Waals surface area contributed by atoms with E-state index in [0.29, 0.717) is 23.9 Å². The summed E-state index contributed by atoms with van der Waals surface area (Å²) in [6, 6.07) is 14.5. The Balaban J connectivity index is 1.70. The van der Waals surface area contributed by atoms with Gasteiger partial charge in [0.05, 0.1) is 11.4 Å². The van der Waals surface area contributed by atoms with Gasteiger partial charge in [-0.2, -0.15) is 5.10 Å². The van der Waals surface area contributed by atoms with Gasteiger partial charge in [0.2, 0.25) is 0 Å². The van der Waals surface area contributed by atoms with Gasteiger partial charge in [0, 0.05) is 16.0 Å². The largest absolute Gasteiger partial charge is 0.492 e. The zero-order valence-corrected chi connectivity index (χ0v) is 14.1. The Kier molecular flexibility index (Phi) is 4.79. The van der Waals surface area contributed by atoms with Crippen LogP contribution in [-0.2, 0) is 6.54 Å². The molecule has 0 N–H and O–H groups in total. The smallest absolute Gasteiger partial charge is 0.266 e. The van der Waals surface area contributed by atoms with Gasteiger partial charge in [0.15, 0.2) is 0 Å². The standard InChI is InChI=1S/C17H15ClN2O2S/c1-12-2-8-16(23-12)15-7-9-17(21)20(19-15)10-11-22-14-5-3-13(18)4-6-14/h2-9H,10-11H2,1H3. The van der Waals surface area contributed by atoms with Crippen molar-refractivity contribution in [1.29, 1.82) is 0 Å². The minimum atomic E-state index is -0.137. The molecule has 118 valence electrons. The van der Waals surface area contributed by atoms with Gasteiger partial charge < -0.3 is 4.74 Å². The molecule has 0 radical (unpaired) electrons. The number of halogens is 1. The van der Waals surface area contributed by atoms with E-state index in [9.17, 15) is 4.79 Å². The number of ether oxygens (including phenoxy) is 1. The molecule has 1 aromatic carbocycles. The fourth-order valence-corrected chi connectivity index (χ4v) is 3.05. The Labute approximate surface area is 142 Å². The highest BCUT2D eigenvalue weighted by Gasteiger charge is 2.06. The molecule has 2 aromatic heterocycles. The Morgan fingerprint density at radius 3 is 2.61 bits per heavy atom. The Morgan fingerprint density at radius 1 is 1.13 bits per heavy atom. The number of aromatic nitrogens is 2. The first-order valence-corrected chi connectivity index (χ1v) is 8.34. The lowest BCUT2D eigenvalue weighted by molar-refractivity contribution is 0.288. The van der Waals surface area contributed by atoms with E-state index in [2.05, 4.69) is 5.10 Å². The summed E-state index contributed by atoms with van der Waals surface area (Å²) in [6.45, 7) is 2.80. The van der Waals surface area contributed by atoms with E-state index in [-0.39, 0.29) is 5.56 Å². The third-order valence-corrected chi connectivity index (χ3v) is 4.52. The summed E-state index contributed by atoms with van der Waals surface area (Å²) in [4.78, 5) is 14.2. The van der Waals surface area contributed by atoms with Gasteiger partial charge >= 0.3 is 0 Å². The summed E-state index contributed by atoms with van der Waals surface area (Å²) >= 11 is 7.49. The third kappa shape index (κ3) is 4.00. The first kappa shape index (κ1) is 15.8. The van der Waals surface area contributed by atoms with Gasteiger partial charge in [-0.05, 0) is 49.4 Å². The minimum Gasteiger partial charge on any atom is -0.492 e. The predicted molar refractivity (Wildman–Crippen MR) is 93.5 cm³/mol. The Bertz CT molecular complexity index is 856. The van der Waals surface area contributed by atoms with E-state index in [0.717, 1.165) is 10.6 Å². The molecule has 23 heavy (non-hydrogen) atoms. The average Bonchev–Trinajstić information content (AvgIpc) is 2.97. The predicted octanol–water partition coefficient (Wildman–Crippen LogP) is 4.01. The molecular weight excluding hydrogens is 332 g/mol. The molecule has 0 aliphatic carbocycles. The highest BCUT2D eigenvalue weighted by atomic mass is 35.5. The summed E-state index contributed by atoms with van der Waals surface area (Å²) in [6.07, 6.45) is 0. The van der Waals surface area contributed by atoms with Crippen molar-refractivity contribution >= 4 is 22.9 Å². The van der Waals surface area contributed by atoms with E-state index in [1.165, 1.54) is 9.56 Å². The summed E-state index contributed by atoms with van der Waals surface area (Å²) < 4.78 is 7.04. The van der Waals surface area contributed by atoms with Gasteiger partial charge in [0.25, 0.3) is 5.56 Å². The van der Waals surface area contributed by atoms with Crippen molar-refractivity contribution in [2.45, 2.75) is 13.5 Å². The number of thiophene rings is 1. The molecule has 0 atom stereocenters. The van der Waals surface area contributed by atoms with Crippen molar-refractivity contribution in [3.8, 4) is 16.3 Å². The van der Waals surface area contributed by atoms with E-state index in [4.69, 9.17) is 16.3 Å². The zero-order chi connectivity index (χ0) is 16.2. The molecular formula is C17H15ClN2O2S. The number of hydrogen-bond acceptors (Lipinski definition) is 4. The van der Waals surface area contributed by atoms with E-state index in [1.54, 1.807) is 47.7 Å². The molecule has 0 fully saturated rings. The van der Waals surface area contributed by atoms with Crippen LogP contribution in [0.25, 0.3) is 10.6 Å². The van der Waals surface area contributed by atoms with Gasteiger partial charge in [-0.15, -0.1) is 11.3 Å². The Hall–Kier alpha value is -2.11. The molecule has 0 saturated carbocycles. The maximum absolute atomic E-state index is 11.9. The molecule has 4 nitrogen and oxygen atoms in total. The quantitative estimate of drug-likeness (QED) is 0.701. The van der Waals surface area contributed by atoms with Gasteiger partial charge in [-0.25, -0.2) is 4.68 Å². The molecule has 3 aromatic rings. The molecule has 0 bridgehead atoms. The highest BCUT2D eigenvalue weighted by molar-refractivity contribution is 7.15. The van der Waals surface area contributed by atoms with Crippen LogP contribution in [0, 0.1) is 6.92 Å². The fraction of sp³-hybridized carbons (Fsp3) is 0.176. The minimum absolute atomic E-state index is 0.137. The SMILES string of the molecule is Cc1ccc(-c2ccc(=O)n(CCOc3ccc(Cl)cc3)n2)s1. The van der Waals surface area contributed by atoms with Crippen LogP contribution in [-0.4, -0.2) is 16.4 Å². The van der Waals surface area contributed by atoms with Crippen molar-refractivity contribution < 1.29 is 4.74 Å². The third-order valence-electron chi connectivity index (χ3n) is 3.24. The lowest BCUT2D eigenvalue weighted by Gasteiger charge is -2.08. The first-order valence-electron chi connectivity index (χ1n) is 7.15. The summed E-state index contributed by atoms with van der Waals surface area (Å²) in [5, 5.41) is 5.08. The van der Waals surface area contributed by atoms with Crippen molar-refractivity contribution in [3.63, 3.8) is 0 Å². The summed E-state index contributed by atoms with van der Waals surface area (Å²) in [7, 11) is 0. The molecule has 0 saturated heterocycles. The van der Waals surface area contributed by atoms with E-state index < -0.39 is 0 Å². The highest BCUT2D eigenvalue weighted by Crippen LogP contribution is 2.25. The monoisotopic (exact) mass is 346 g/mol. The second-order valence-corrected chi connectivity index (χ2v) is 6.72. The van der Waals surface area contributed by atoms with Gasteiger partial charge in [-0.1, -0.05) is 11.6 Å². The lowest BCUT2D eigenvalue weighted by Crippen LogP contribution is -2.25. The van der Waals surface area contributed by atoms with Crippen LogP contribution in [0.4, 0.5) is 0 Å². The number of rotatable bonds is 5. The number of hydrogen-bond donors (Lipinski definition) is 0. The molecule has 0 unspecified atom stereocenters. The van der Waals surface area contributed by atoms with E-state index >= 15 is 0 Å². The van der Waals surface area contributed by atoms with Gasteiger partial charge in [-0.3, -0.25) is 4.79 Å². The average molecular weight is 347 g/mol. The van der Waals surface area contributed by atoms with Crippen LogP contribution in [0.2, 0.25) is 5.02 Å². The van der Waals surface area contributed by atoms with Gasteiger partial charge in [0.1, 0.15) is 18.1 Å². The van der Waals surface area contributed by atoms with E-state index in [1.807, 2.05) is 19.1 Å². The maximum atomic E-state index is 11.9. The Morgan fingerprint density at radius 2 is 1.91 bits per heavy atom. The normalized spacial score (nSPS) is 10.7. The second-order valence-electron chi connectivity index (χ2n) is 4.99. The van der Waals surface area contributed by atoms with Crippen LogP contribution in [0.3, 0.4) is 0 Å². The molecule has 3 rings (SSSR count). The first-order chi connectivity index (χ1) is 11.1. The zero-order valence-electron chi connectivity index (χ0n) is 12.5. The molecule has 2 heterocycles. The lowest BCUT2D eigenvalue weighted by atomic mass is 10.3. The van der Waals surface area contributed by atoms with Crippen LogP contribution in [0.5, 0.6) is 5.75 Å². The number of aryl methyl sites for hydroxylation is 1. The van der Waals surface area contributed by atoms with Crippen molar-refractivity contribution in [2.24, 2.45) is 0 Å². The van der Waals surface area contributed by atoms with Crippen LogP contribution < -0.4 is 10.3 Å². The molecule has 0 aliphatic heterocycles. The number of nitrogens with zero attached hydrogens (tertiary/aromatic N) is 2. The van der Waals surface area contributed by atoms with Crippen LogP contribution in [0.15, 0.2) is 53.3 Å². The molecule has 6 heteroatoms. The number of benzene rings is 1. The summed E-state index contributed by atoms with van der Waals surface area (Å²) in [5.74, 6) is 0.715.